The number of nitrogens with zero attached hydrogens (tertiary/aromatic N) is 3. The van der Waals surface area contributed by atoms with Gasteiger partial charge in [0.25, 0.3) is 0 Å². The summed E-state index contributed by atoms with van der Waals surface area (Å²) in [5.41, 5.74) is 0. The summed E-state index contributed by atoms with van der Waals surface area (Å²) >= 11 is 0. The lowest BCUT2D eigenvalue weighted by atomic mass is 10.3. The van der Waals surface area contributed by atoms with Gasteiger partial charge in [-0.3, -0.25) is 4.79 Å². The molecule has 106 valence electrons. The molecule has 0 atom stereocenters. The molecule has 0 aliphatic carbocycles. The summed E-state index contributed by atoms with van der Waals surface area (Å²) in [6.07, 6.45) is 1.85. The number of anilines is 2. The van der Waals surface area contributed by atoms with Gasteiger partial charge in [0, 0.05) is 33.6 Å². The number of hydrogen-bond donors (Lipinski definition) is 2. The Morgan fingerprint density at radius 2 is 1.95 bits per heavy atom. The molecule has 7 heteroatoms. The van der Waals surface area contributed by atoms with E-state index < -0.39 is 0 Å². The Bertz CT molecular complexity index is 423. The first-order valence-electron chi connectivity index (χ1n) is 6.17. The molecule has 0 aliphatic heterocycles. The van der Waals surface area contributed by atoms with Crippen molar-refractivity contribution in [3.63, 3.8) is 0 Å². The number of nitrogens with one attached hydrogen (secondary N) is 2. The molecule has 0 aliphatic rings. The molecular weight excluding hydrogens is 246 g/mol. The quantitative estimate of drug-likeness (QED) is 0.761. The van der Waals surface area contributed by atoms with Crippen LogP contribution in [0.25, 0.3) is 0 Å². The SMILES string of the molecule is CCNc1ncnc(NCCC(=O)N(C)C)c1OC. The average molecular weight is 267 g/mol. The molecule has 0 bridgehead atoms. The fourth-order valence-corrected chi connectivity index (χ4v) is 1.50. The molecule has 0 aromatic carbocycles. The lowest BCUT2D eigenvalue weighted by Gasteiger charge is -2.14. The highest BCUT2D eigenvalue weighted by molar-refractivity contribution is 5.76. The molecule has 0 fully saturated rings. The Labute approximate surface area is 113 Å². The van der Waals surface area contributed by atoms with Crippen LogP contribution in [0.4, 0.5) is 11.6 Å². The molecule has 1 aromatic heterocycles. The normalized spacial score (nSPS) is 9.89. The van der Waals surface area contributed by atoms with Gasteiger partial charge in [-0.15, -0.1) is 0 Å². The van der Waals surface area contributed by atoms with Crippen molar-refractivity contribution in [2.75, 3.05) is 44.9 Å². The minimum atomic E-state index is 0.0624. The summed E-state index contributed by atoms with van der Waals surface area (Å²) in [6, 6.07) is 0. The van der Waals surface area contributed by atoms with Crippen LogP contribution in [-0.4, -0.2) is 55.1 Å². The van der Waals surface area contributed by atoms with Gasteiger partial charge in [-0.05, 0) is 6.92 Å². The maximum Gasteiger partial charge on any atom is 0.223 e. The van der Waals surface area contributed by atoms with E-state index in [0.29, 0.717) is 30.4 Å². The zero-order valence-corrected chi connectivity index (χ0v) is 11.9. The topological polar surface area (TPSA) is 79.4 Å². The van der Waals surface area contributed by atoms with Gasteiger partial charge in [0.05, 0.1) is 7.11 Å². The predicted octanol–water partition coefficient (Wildman–Crippen LogP) is 0.807. The summed E-state index contributed by atoms with van der Waals surface area (Å²) in [7, 11) is 5.03. The third-order valence-corrected chi connectivity index (χ3v) is 2.48. The summed E-state index contributed by atoms with van der Waals surface area (Å²) in [6.45, 7) is 3.21. The number of methoxy groups -OCH3 is 1. The van der Waals surface area contributed by atoms with Crippen molar-refractivity contribution in [1.29, 1.82) is 0 Å². The number of carbonyl (C=O) groups excluding carboxylic acids is 1. The van der Waals surface area contributed by atoms with Crippen LogP contribution in [-0.2, 0) is 4.79 Å². The Hall–Kier alpha value is -2.05. The van der Waals surface area contributed by atoms with Crippen LogP contribution in [0.5, 0.6) is 5.75 Å². The fourth-order valence-electron chi connectivity index (χ4n) is 1.50. The number of rotatable bonds is 7. The Balaban J connectivity index is 2.67. The van der Waals surface area contributed by atoms with Crippen molar-refractivity contribution in [2.24, 2.45) is 0 Å². The number of amides is 1. The largest absolute Gasteiger partial charge is 0.490 e. The first-order valence-corrected chi connectivity index (χ1v) is 6.17. The molecule has 7 nitrogen and oxygen atoms in total. The lowest BCUT2D eigenvalue weighted by Crippen LogP contribution is -2.24. The van der Waals surface area contributed by atoms with E-state index >= 15 is 0 Å². The van der Waals surface area contributed by atoms with Crippen molar-refractivity contribution in [1.82, 2.24) is 14.9 Å². The van der Waals surface area contributed by atoms with E-state index in [1.54, 1.807) is 26.1 Å². The fraction of sp³-hybridized carbons (Fsp3) is 0.583. The molecule has 0 unspecified atom stereocenters. The summed E-state index contributed by atoms with van der Waals surface area (Å²) < 4.78 is 5.29. The minimum Gasteiger partial charge on any atom is -0.490 e. The van der Waals surface area contributed by atoms with Crippen LogP contribution >= 0.6 is 0 Å². The third kappa shape index (κ3) is 4.27. The van der Waals surface area contributed by atoms with E-state index in [2.05, 4.69) is 20.6 Å². The van der Waals surface area contributed by atoms with Gasteiger partial charge >= 0.3 is 0 Å². The second kappa shape index (κ2) is 7.40. The Morgan fingerprint density at radius 1 is 1.32 bits per heavy atom. The smallest absolute Gasteiger partial charge is 0.223 e. The maximum absolute atomic E-state index is 11.5. The first kappa shape index (κ1) is 15.0. The zero-order chi connectivity index (χ0) is 14.3. The average Bonchev–Trinajstić information content (AvgIpc) is 2.39. The predicted molar refractivity (Wildman–Crippen MR) is 74.5 cm³/mol. The molecule has 1 heterocycles. The number of ether oxygens (including phenoxy) is 1. The van der Waals surface area contributed by atoms with Crippen LogP contribution < -0.4 is 15.4 Å². The molecule has 0 saturated heterocycles. The van der Waals surface area contributed by atoms with E-state index in [1.807, 2.05) is 6.92 Å². The molecule has 0 radical (unpaired) electrons. The van der Waals surface area contributed by atoms with Crippen molar-refractivity contribution < 1.29 is 9.53 Å². The monoisotopic (exact) mass is 267 g/mol. The first-order chi connectivity index (χ1) is 9.10. The third-order valence-electron chi connectivity index (χ3n) is 2.48. The summed E-state index contributed by atoms with van der Waals surface area (Å²) in [5, 5.41) is 6.18. The van der Waals surface area contributed by atoms with E-state index in [1.165, 1.54) is 6.33 Å². The number of aromatic nitrogens is 2. The Kier molecular flexibility index (Phi) is 5.84. The molecule has 1 amide bonds. The highest BCUT2D eigenvalue weighted by atomic mass is 16.5. The molecular formula is C12H21N5O2. The van der Waals surface area contributed by atoms with Gasteiger partial charge in [-0.2, -0.15) is 0 Å². The van der Waals surface area contributed by atoms with E-state index in [4.69, 9.17) is 4.74 Å². The van der Waals surface area contributed by atoms with Crippen molar-refractivity contribution in [3.05, 3.63) is 6.33 Å². The Morgan fingerprint density at radius 3 is 2.47 bits per heavy atom. The van der Waals surface area contributed by atoms with Gasteiger partial charge in [-0.1, -0.05) is 0 Å². The van der Waals surface area contributed by atoms with Gasteiger partial charge in [0.1, 0.15) is 6.33 Å². The standard InChI is InChI=1S/C12H21N5O2/c1-5-13-11-10(19-4)12(16-8-15-11)14-7-6-9(18)17(2)3/h8H,5-7H2,1-4H3,(H2,13,14,15,16). The van der Waals surface area contributed by atoms with Gasteiger partial charge in [0.15, 0.2) is 11.6 Å². The van der Waals surface area contributed by atoms with Gasteiger partial charge in [-0.25, -0.2) is 9.97 Å². The molecule has 19 heavy (non-hydrogen) atoms. The van der Waals surface area contributed by atoms with E-state index in [9.17, 15) is 4.79 Å². The molecule has 1 aromatic rings. The second-order valence-corrected chi connectivity index (χ2v) is 4.10. The summed E-state index contributed by atoms with van der Waals surface area (Å²) in [5.74, 6) is 1.84. The van der Waals surface area contributed by atoms with Crippen LogP contribution in [0.1, 0.15) is 13.3 Å². The number of carbonyl (C=O) groups is 1. The van der Waals surface area contributed by atoms with Gasteiger partial charge < -0.3 is 20.3 Å². The highest BCUT2D eigenvalue weighted by Crippen LogP contribution is 2.28. The minimum absolute atomic E-state index is 0.0624. The molecule has 2 N–H and O–H groups in total. The zero-order valence-electron chi connectivity index (χ0n) is 11.9. The summed E-state index contributed by atoms with van der Waals surface area (Å²) in [4.78, 5) is 21.3. The van der Waals surface area contributed by atoms with Crippen molar-refractivity contribution >= 4 is 17.5 Å². The molecule has 0 saturated carbocycles. The van der Waals surface area contributed by atoms with E-state index in [0.717, 1.165) is 6.54 Å². The van der Waals surface area contributed by atoms with Crippen LogP contribution in [0, 0.1) is 0 Å². The van der Waals surface area contributed by atoms with E-state index in [-0.39, 0.29) is 5.91 Å². The second-order valence-electron chi connectivity index (χ2n) is 4.10. The lowest BCUT2D eigenvalue weighted by molar-refractivity contribution is -0.128. The van der Waals surface area contributed by atoms with Gasteiger partial charge in [0.2, 0.25) is 11.7 Å². The van der Waals surface area contributed by atoms with Crippen LogP contribution in [0.3, 0.4) is 0 Å². The maximum atomic E-state index is 11.5. The van der Waals surface area contributed by atoms with Crippen molar-refractivity contribution in [2.45, 2.75) is 13.3 Å². The molecule has 1 rings (SSSR count). The van der Waals surface area contributed by atoms with Crippen LogP contribution in [0.15, 0.2) is 6.33 Å². The molecule has 0 spiro atoms. The van der Waals surface area contributed by atoms with Crippen molar-refractivity contribution in [3.8, 4) is 5.75 Å². The van der Waals surface area contributed by atoms with Crippen LogP contribution in [0.2, 0.25) is 0 Å². The highest BCUT2D eigenvalue weighted by Gasteiger charge is 2.11. The number of hydrogen-bond acceptors (Lipinski definition) is 6.